The van der Waals surface area contributed by atoms with Crippen LogP contribution in [0.2, 0.25) is 0 Å². The van der Waals surface area contributed by atoms with Gasteiger partial charge in [0.2, 0.25) is 5.91 Å². The van der Waals surface area contributed by atoms with Crippen molar-refractivity contribution >= 4 is 23.5 Å². The molecule has 2 aromatic rings. The number of primary amides is 1. The van der Waals surface area contributed by atoms with E-state index in [1.54, 1.807) is 10.8 Å². The summed E-state index contributed by atoms with van der Waals surface area (Å²) < 4.78 is 39.3. The predicted octanol–water partition coefficient (Wildman–Crippen LogP) is 1.99. The molecule has 4 heterocycles. The number of carbonyl (C=O) groups is 2. The highest BCUT2D eigenvalue weighted by atomic mass is 19.3. The monoisotopic (exact) mass is 445 g/mol. The van der Waals surface area contributed by atoms with Crippen molar-refractivity contribution in [1.82, 2.24) is 9.55 Å². The predicted molar refractivity (Wildman–Crippen MR) is 109 cm³/mol. The van der Waals surface area contributed by atoms with Gasteiger partial charge in [0.1, 0.15) is 36.4 Å². The first-order valence-corrected chi connectivity index (χ1v) is 10.6. The third-order valence-electron chi connectivity index (χ3n) is 7.00. The second kappa shape index (κ2) is 6.57. The first-order chi connectivity index (χ1) is 15.4. The Kier molecular flexibility index (Phi) is 3.96. The quantitative estimate of drug-likeness (QED) is 0.772. The maximum atomic E-state index is 13.4. The molecule has 4 aliphatic rings. The molecule has 2 N–H and O–H groups in total. The van der Waals surface area contributed by atoms with Gasteiger partial charge in [-0.15, -0.1) is 0 Å². The van der Waals surface area contributed by atoms with Gasteiger partial charge in [0, 0.05) is 24.5 Å². The van der Waals surface area contributed by atoms with Gasteiger partial charge < -0.3 is 24.7 Å². The summed E-state index contributed by atoms with van der Waals surface area (Å²) in [6.45, 7) is 1.15. The number of hydrogen-bond donors (Lipinski definition) is 1. The number of amides is 2. The second-order valence-electron chi connectivity index (χ2n) is 8.62. The van der Waals surface area contributed by atoms with Gasteiger partial charge >= 0.3 is 6.09 Å². The average molecular weight is 445 g/mol. The molecule has 1 aromatic heterocycles. The standard InChI is InChI=1S/C21H21F2N5O4/c22-17(23)14-10-32-20(30)28(14)16-9-26-5-6-31-15-7-12(1-2-13(15)18(26)25-16)27-4-3-11-8-21(11,27)19(24)29/h1-2,7,9,11,14,17H,3-6,8,10H2,(H2,24,29)/t11-,14+,21+/m1/s1. The number of imidazole rings is 1. The van der Waals surface area contributed by atoms with E-state index in [2.05, 4.69) is 9.88 Å². The number of carbonyl (C=O) groups excluding carboxylic acids is 2. The minimum atomic E-state index is -2.74. The van der Waals surface area contributed by atoms with E-state index in [4.69, 9.17) is 15.2 Å². The summed E-state index contributed by atoms with van der Waals surface area (Å²) in [5.74, 6) is 1.21. The van der Waals surface area contributed by atoms with Gasteiger partial charge in [0.25, 0.3) is 6.43 Å². The van der Waals surface area contributed by atoms with Crippen molar-refractivity contribution in [3.63, 3.8) is 0 Å². The van der Waals surface area contributed by atoms with Crippen LogP contribution in [0.4, 0.5) is 25.1 Å². The number of fused-ring (bicyclic) bond motifs is 4. The molecule has 1 aliphatic carbocycles. The van der Waals surface area contributed by atoms with Gasteiger partial charge in [-0.2, -0.15) is 0 Å². The van der Waals surface area contributed by atoms with Crippen molar-refractivity contribution in [1.29, 1.82) is 0 Å². The number of nitrogens with zero attached hydrogens (tertiary/aromatic N) is 4. The molecule has 0 radical (unpaired) electrons. The van der Waals surface area contributed by atoms with Gasteiger partial charge in [-0.25, -0.2) is 23.5 Å². The van der Waals surface area contributed by atoms with Crippen molar-refractivity contribution in [2.45, 2.75) is 37.4 Å². The van der Waals surface area contributed by atoms with Crippen LogP contribution in [-0.2, 0) is 16.1 Å². The highest BCUT2D eigenvalue weighted by Gasteiger charge is 2.66. The summed E-state index contributed by atoms with van der Waals surface area (Å²) in [5.41, 5.74) is 6.64. The number of piperidine rings is 1. The first kappa shape index (κ1) is 19.3. The molecular formula is C21H21F2N5O4. The molecular weight excluding hydrogens is 424 g/mol. The van der Waals surface area contributed by atoms with Crippen molar-refractivity contribution in [2.24, 2.45) is 11.7 Å². The summed E-state index contributed by atoms with van der Waals surface area (Å²) in [6.07, 6.45) is -0.316. The van der Waals surface area contributed by atoms with Gasteiger partial charge in [-0.05, 0) is 30.9 Å². The molecule has 2 amide bonds. The number of rotatable bonds is 4. The number of anilines is 2. The van der Waals surface area contributed by atoms with Crippen LogP contribution in [0.1, 0.15) is 12.8 Å². The molecule has 32 heavy (non-hydrogen) atoms. The van der Waals surface area contributed by atoms with E-state index in [0.717, 1.165) is 30.0 Å². The molecule has 0 bridgehead atoms. The molecule has 0 spiro atoms. The van der Waals surface area contributed by atoms with Crippen LogP contribution >= 0.6 is 0 Å². The minimum absolute atomic E-state index is 0.123. The summed E-state index contributed by atoms with van der Waals surface area (Å²) in [4.78, 5) is 31.7. The van der Waals surface area contributed by atoms with Crippen molar-refractivity contribution in [3.05, 3.63) is 24.4 Å². The Bertz CT molecular complexity index is 1140. The van der Waals surface area contributed by atoms with Crippen LogP contribution in [0, 0.1) is 5.92 Å². The van der Waals surface area contributed by atoms with Gasteiger partial charge in [0.05, 0.1) is 12.1 Å². The number of cyclic esters (lactones) is 1. The van der Waals surface area contributed by atoms with Crippen LogP contribution in [0.3, 0.4) is 0 Å². The van der Waals surface area contributed by atoms with Crippen LogP contribution < -0.4 is 20.3 Å². The van der Waals surface area contributed by atoms with Crippen LogP contribution in [-0.4, -0.2) is 59.3 Å². The Labute approximate surface area is 181 Å². The topological polar surface area (TPSA) is 103 Å². The fourth-order valence-corrected chi connectivity index (χ4v) is 5.29. The lowest BCUT2D eigenvalue weighted by molar-refractivity contribution is -0.120. The lowest BCUT2D eigenvalue weighted by Crippen LogP contribution is -2.45. The van der Waals surface area contributed by atoms with E-state index in [-0.39, 0.29) is 18.3 Å². The zero-order chi connectivity index (χ0) is 22.2. The maximum Gasteiger partial charge on any atom is 0.416 e. The number of aromatic nitrogens is 2. The Morgan fingerprint density at radius 3 is 2.88 bits per heavy atom. The lowest BCUT2D eigenvalue weighted by Gasteiger charge is -2.28. The highest BCUT2D eigenvalue weighted by Crippen LogP contribution is 2.57. The molecule has 9 nitrogen and oxygen atoms in total. The third kappa shape index (κ3) is 2.56. The Hall–Kier alpha value is -3.37. The number of halogens is 2. The SMILES string of the molecule is NC(=O)[C@]12C[C@H]1CCN2c1ccc2c(c1)OCCn1cc(N3C(=O)OC[C@H]3C(F)F)nc1-2. The Morgan fingerprint density at radius 1 is 1.28 bits per heavy atom. The van der Waals surface area contributed by atoms with Crippen molar-refractivity contribution < 1.29 is 27.8 Å². The van der Waals surface area contributed by atoms with Crippen LogP contribution in [0.25, 0.3) is 11.4 Å². The zero-order valence-electron chi connectivity index (χ0n) is 17.0. The summed E-state index contributed by atoms with van der Waals surface area (Å²) in [6, 6.07) is 4.24. The van der Waals surface area contributed by atoms with Crippen molar-refractivity contribution in [3.8, 4) is 17.1 Å². The first-order valence-electron chi connectivity index (χ1n) is 10.6. The van der Waals surface area contributed by atoms with Gasteiger partial charge in [0.15, 0.2) is 5.82 Å². The van der Waals surface area contributed by atoms with Crippen LogP contribution in [0.15, 0.2) is 24.4 Å². The maximum absolute atomic E-state index is 13.4. The molecule has 2 saturated heterocycles. The molecule has 1 saturated carbocycles. The summed E-state index contributed by atoms with van der Waals surface area (Å²) in [7, 11) is 0. The molecule has 3 aliphatic heterocycles. The molecule has 6 rings (SSSR count). The Morgan fingerprint density at radius 2 is 2.12 bits per heavy atom. The molecule has 168 valence electrons. The van der Waals surface area contributed by atoms with Crippen molar-refractivity contribution in [2.75, 3.05) is 29.6 Å². The van der Waals surface area contributed by atoms with E-state index in [9.17, 15) is 18.4 Å². The molecule has 3 atom stereocenters. The normalized spacial score (nSPS) is 28.0. The van der Waals surface area contributed by atoms with E-state index in [1.165, 1.54) is 0 Å². The fraction of sp³-hybridized carbons (Fsp3) is 0.476. The smallest absolute Gasteiger partial charge is 0.416 e. The largest absolute Gasteiger partial charge is 0.491 e. The van der Waals surface area contributed by atoms with E-state index in [1.807, 2.05) is 18.2 Å². The summed E-state index contributed by atoms with van der Waals surface area (Å²) >= 11 is 0. The molecule has 3 fully saturated rings. The number of benzene rings is 1. The Balaban J connectivity index is 1.37. The summed E-state index contributed by atoms with van der Waals surface area (Å²) in [5, 5.41) is 0. The number of alkyl halides is 2. The van der Waals surface area contributed by atoms with Gasteiger partial charge in [-0.3, -0.25) is 4.79 Å². The lowest BCUT2D eigenvalue weighted by atomic mass is 10.1. The van der Waals surface area contributed by atoms with E-state index < -0.39 is 24.1 Å². The number of hydrogen-bond acceptors (Lipinski definition) is 6. The zero-order valence-corrected chi connectivity index (χ0v) is 17.0. The van der Waals surface area contributed by atoms with Crippen LogP contribution in [0.5, 0.6) is 5.75 Å². The molecule has 11 heteroatoms. The minimum Gasteiger partial charge on any atom is -0.491 e. The third-order valence-corrected chi connectivity index (χ3v) is 7.00. The average Bonchev–Trinajstić information content (AvgIpc) is 3.03. The fourth-order valence-electron chi connectivity index (χ4n) is 5.29. The van der Waals surface area contributed by atoms with E-state index >= 15 is 0 Å². The highest BCUT2D eigenvalue weighted by molar-refractivity contribution is 5.94. The number of nitrogens with two attached hydrogens (primary N) is 1. The van der Waals surface area contributed by atoms with Gasteiger partial charge in [-0.1, -0.05) is 0 Å². The molecule has 0 unspecified atom stereocenters. The molecule has 1 aromatic carbocycles. The second-order valence-corrected chi connectivity index (χ2v) is 8.62. The van der Waals surface area contributed by atoms with E-state index in [0.29, 0.717) is 36.2 Å². The number of ether oxygens (including phenoxy) is 2.